The molecule has 2 unspecified atom stereocenters. The number of nitrogens with one attached hydrogen (secondary N) is 6. The molecule has 6 N–H and O–H groups in total. The van der Waals surface area contributed by atoms with E-state index in [-0.39, 0.29) is 123 Å². The van der Waals surface area contributed by atoms with Gasteiger partial charge < -0.3 is 61.5 Å². The summed E-state index contributed by atoms with van der Waals surface area (Å²) in [6, 6.07) is 49.2. The number of amides is 15. The number of aryl methyl sites for hydroxylation is 4. The zero-order chi connectivity index (χ0) is 99.3. The van der Waals surface area contributed by atoms with E-state index in [4.69, 9.17) is 36.6 Å². The van der Waals surface area contributed by atoms with Gasteiger partial charge in [0.2, 0.25) is 65.0 Å². The van der Waals surface area contributed by atoms with Crippen LogP contribution in [0.1, 0.15) is 173 Å². The van der Waals surface area contributed by atoms with Gasteiger partial charge in [0.05, 0.1) is 65.2 Å². The van der Waals surface area contributed by atoms with Crippen molar-refractivity contribution in [3.8, 4) is 34.1 Å². The molecule has 5 aromatic heterocycles. The molecule has 718 valence electrons. The Bertz CT molecular complexity index is 7690. The molecule has 15 heterocycles. The molecule has 0 bridgehead atoms. The lowest BCUT2D eigenvalue weighted by Crippen LogP contribution is -2.46. The second-order valence-electron chi connectivity index (χ2n) is 38.5. The van der Waals surface area contributed by atoms with Crippen LogP contribution in [-0.4, -0.2) is 179 Å². The molecule has 6 atom stereocenters. The monoisotopic (exact) mass is 1900 g/mol. The maximum Gasteiger partial charge on any atom is 0.254 e. The first-order valence-electron chi connectivity index (χ1n) is 45.8. The lowest BCUT2D eigenvalue weighted by molar-refractivity contribution is -0.128. The number of furan rings is 4. The van der Waals surface area contributed by atoms with Gasteiger partial charge in [-0.2, -0.15) is 5.10 Å². The quantitative estimate of drug-likeness (QED) is 0.0410. The van der Waals surface area contributed by atoms with Crippen LogP contribution in [0.4, 0.5) is 0 Å². The minimum Gasteiger partial charge on any atom is -0.497 e. The van der Waals surface area contributed by atoms with Crippen LogP contribution in [0.5, 0.6) is 23.0 Å². The summed E-state index contributed by atoms with van der Waals surface area (Å²) in [5.41, 5.74) is 8.34. The number of aromatic nitrogens is 2. The average molecular weight is 1910 g/mol. The zero-order valence-electron chi connectivity index (χ0n) is 78.8. The molecule has 23 rings (SSSR count). The number of ether oxygens (including phenoxy) is 4. The summed E-state index contributed by atoms with van der Waals surface area (Å²) >= 11 is 0. The molecule has 6 saturated heterocycles. The van der Waals surface area contributed by atoms with E-state index in [0.29, 0.717) is 134 Å². The molecular formula is C106H96N12O23. The van der Waals surface area contributed by atoms with Crippen molar-refractivity contribution in [2.75, 3.05) is 61.2 Å². The number of hydrogen-bond acceptors (Lipinski definition) is 24. The van der Waals surface area contributed by atoms with Crippen molar-refractivity contribution in [3.63, 3.8) is 0 Å². The van der Waals surface area contributed by atoms with E-state index in [0.717, 1.165) is 72.1 Å². The van der Waals surface area contributed by atoms with Crippen LogP contribution in [0.3, 0.4) is 0 Å². The van der Waals surface area contributed by atoms with Crippen LogP contribution < -0.4 is 50.8 Å². The fourth-order valence-electron chi connectivity index (χ4n) is 21.4. The number of fused-ring (bicyclic) bond motifs is 8. The van der Waals surface area contributed by atoms with Gasteiger partial charge >= 0.3 is 0 Å². The molecule has 13 aromatic rings. The lowest BCUT2D eigenvalue weighted by atomic mass is 9.79. The van der Waals surface area contributed by atoms with E-state index in [2.05, 4.69) is 37.0 Å². The first-order chi connectivity index (χ1) is 67.3. The molecule has 15 amide bonds. The van der Waals surface area contributed by atoms with E-state index < -0.39 is 68.4 Å². The standard InChI is InChI=1S/C28H26N4O5.C28H25N3O7.C28H27N3O6.C22H18N2O5/c1-15-25(16(2)31(3)30-15)17-6-8-22-19(9-17)10-23(37-22)28(12-24(33)29-27(28)35)14-32-13-18-5-7-20(36-4)11-21(18)26(32)34;1-14-6-17(27(2)10-21(32)29-25(27)35)7-16-8-20(38-23(14)16)28(11-22(33)30-26(28)36)13-31-12-15-4-5-18(37-3)9-19(15)24(31)34;1-15-6-18(27(2)10-22(32)29-13-27)7-17-8-21(37-24(15)17)28(11-23(33)30-26(28)35)14-31-12-16-4-5-19(36-3)9-20(16)25(31)34;1-28-15-7-6-14-11-24(20(26)16(14)9-15)12-22(10-19(25)23-21(22)27)18-8-13-4-2-3-5-17(13)29-18/h5-11H,12-14H2,1-4H3,(H,29,33,35);4-9H,10-13H2,1-3H3,(H,29,32,35)(H,30,33,36);4-9H,10-14H2,1-3H3,(H,29,32)(H,30,33,35);2-9H,10-12H2,1H3,(H,23,25,27)/t28-;2*27?,28-;22-/m1111/s1. The molecule has 35 heteroatoms. The van der Waals surface area contributed by atoms with Crippen molar-refractivity contribution < 1.29 is 109 Å². The summed E-state index contributed by atoms with van der Waals surface area (Å²) in [6.07, 6.45) is -0.0126. The molecular weight excluding hydrogens is 1810 g/mol. The number of para-hydroxylation sites is 1. The normalized spacial score (nSPS) is 22.6. The molecule has 141 heavy (non-hydrogen) atoms. The molecule has 0 aliphatic carbocycles. The summed E-state index contributed by atoms with van der Waals surface area (Å²) in [4.78, 5) is 198. The number of carbonyl (C=O) groups excluding carboxylic acids is 15. The molecule has 10 aliphatic heterocycles. The smallest absolute Gasteiger partial charge is 0.254 e. The molecule has 6 fully saturated rings. The Balaban J connectivity index is 0.000000116. The molecule has 0 saturated carbocycles. The number of rotatable bonds is 19. The molecule has 0 spiro atoms. The molecule has 10 aliphatic rings. The Morgan fingerprint density at radius 1 is 0.355 bits per heavy atom. The lowest BCUT2D eigenvalue weighted by Gasteiger charge is -2.28. The maximum absolute atomic E-state index is 13.3. The van der Waals surface area contributed by atoms with Crippen LogP contribution in [0.15, 0.2) is 181 Å². The number of benzene rings is 8. The van der Waals surface area contributed by atoms with Crippen molar-refractivity contribution >= 4 is 132 Å². The van der Waals surface area contributed by atoms with Crippen molar-refractivity contribution in [2.24, 2.45) is 7.05 Å². The van der Waals surface area contributed by atoms with E-state index >= 15 is 0 Å². The van der Waals surface area contributed by atoms with E-state index in [9.17, 15) is 71.9 Å². The van der Waals surface area contributed by atoms with Crippen LogP contribution in [0, 0.1) is 27.7 Å². The third-order valence-electron chi connectivity index (χ3n) is 29.3. The highest BCUT2D eigenvalue weighted by Gasteiger charge is 2.58. The second kappa shape index (κ2) is 34.2. The van der Waals surface area contributed by atoms with Gasteiger partial charge in [0, 0.05) is 139 Å². The number of nitrogens with zero attached hydrogens (tertiary/aromatic N) is 6. The molecule has 0 radical (unpaired) electrons. The third kappa shape index (κ3) is 15.6. The highest BCUT2D eigenvalue weighted by molar-refractivity contribution is 6.15. The van der Waals surface area contributed by atoms with Crippen molar-refractivity contribution in [3.05, 3.63) is 265 Å². The molecule has 35 nitrogen and oxygen atoms in total. The predicted octanol–water partition coefficient (Wildman–Crippen LogP) is 10.2. The zero-order valence-corrected chi connectivity index (χ0v) is 78.8. The fraction of sp³-hybridized carbons (Fsp3) is 0.302. The van der Waals surface area contributed by atoms with E-state index in [1.807, 2.05) is 131 Å². The second-order valence-corrected chi connectivity index (χ2v) is 38.5. The fourth-order valence-corrected chi connectivity index (χ4v) is 21.4. The minimum atomic E-state index is -1.42. The van der Waals surface area contributed by atoms with Crippen molar-refractivity contribution in [1.82, 2.24) is 61.3 Å². The van der Waals surface area contributed by atoms with Gasteiger partial charge in [0.15, 0.2) is 0 Å². The van der Waals surface area contributed by atoms with Gasteiger partial charge in [0.25, 0.3) is 23.6 Å². The Morgan fingerprint density at radius 2 is 0.709 bits per heavy atom. The molecule has 8 aromatic carbocycles. The summed E-state index contributed by atoms with van der Waals surface area (Å²) in [5, 5.41) is 22.5. The van der Waals surface area contributed by atoms with Gasteiger partial charge in [-0.15, -0.1) is 0 Å². The van der Waals surface area contributed by atoms with Gasteiger partial charge in [-0.25, -0.2) is 0 Å². The van der Waals surface area contributed by atoms with Crippen LogP contribution in [0.25, 0.3) is 55.0 Å². The van der Waals surface area contributed by atoms with Crippen molar-refractivity contribution in [2.45, 2.75) is 139 Å². The minimum absolute atomic E-state index is 0.00225. The predicted molar refractivity (Wildman–Crippen MR) is 505 cm³/mol. The van der Waals surface area contributed by atoms with Gasteiger partial charge in [-0.3, -0.25) is 103 Å². The summed E-state index contributed by atoms with van der Waals surface area (Å²) < 4.78 is 47.5. The summed E-state index contributed by atoms with van der Waals surface area (Å²) in [6.45, 7) is 13.4. The first-order valence-corrected chi connectivity index (χ1v) is 45.8. The van der Waals surface area contributed by atoms with Gasteiger partial charge in [-0.05, 0) is 188 Å². The Hall–Kier alpha value is -16.6. The maximum atomic E-state index is 13.3. The Kier molecular flexibility index (Phi) is 22.4. The SMILES string of the molecule is COc1ccc2c(c1)C(=O)N(C[C@@]1(c3cc4cc(-c5c(C)nn(C)c5C)ccc4o3)CC(=O)NC1=O)C2.COc1ccc2c(c1)C(=O)N(C[C@@]1(c3cc4cc(C5(C)CC(=O)NC5=O)cc(C)c4o3)CC(=O)NC1=O)C2.COc1ccc2c(c1)C(=O)N(C[C@@]1(c3cc4cc(C5(C)CNC(=O)C5)cc(C)c4o3)CC(=O)NC1=O)C2.COc1ccc2c(c1)C(=O)N(C[C@@]1(c3cc4ccccc4o3)CC(=O)NC1=O)C2. The number of hydrogen-bond donors (Lipinski definition) is 6. The number of carbonyl (C=O) groups is 15. The number of imide groups is 5. The largest absolute Gasteiger partial charge is 0.497 e. The number of methoxy groups -OCH3 is 4. The van der Waals surface area contributed by atoms with Crippen LogP contribution in [0.2, 0.25) is 0 Å². The van der Waals surface area contributed by atoms with Crippen molar-refractivity contribution in [1.29, 1.82) is 0 Å². The summed E-state index contributed by atoms with van der Waals surface area (Å²) in [5.74, 6) is -1.43. The Morgan fingerprint density at radius 3 is 1.06 bits per heavy atom. The van der Waals surface area contributed by atoms with Gasteiger partial charge in [0.1, 0.15) is 90.0 Å². The highest BCUT2D eigenvalue weighted by atomic mass is 16.5. The van der Waals surface area contributed by atoms with Crippen LogP contribution in [-0.2, 0) is 118 Å². The summed E-state index contributed by atoms with van der Waals surface area (Å²) in [7, 11) is 8.07. The first kappa shape index (κ1) is 92.1. The van der Waals surface area contributed by atoms with E-state index in [1.54, 1.807) is 127 Å². The highest BCUT2D eigenvalue weighted by Crippen LogP contribution is 2.49. The van der Waals surface area contributed by atoms with E-state index in [1.165, 1.54) is 7.11 Å². The van der Waals surface area contributed by atoms with Gasteiger partial charge in [-0.1, -0.05) is 67.6 Å². The average Bonchev–Trinajstić information content (AvgIpc) is 1.58. The topological polar surface area (TPSA) is 448 Å². The Labute approximate surface area is 804 Å². The van der Waals surface area contributed by atoms with Crippen LogP contribution >= 0.6 is 0 Å². The third-order valence-corrected chi connectivity index (χ3v) is 29.3.